The molecule has 6 heteroatoms. The molecule has 0 unspecified atom stereocenters. The van der Waals surface area contributed by atoms with Gasteiger partial charge in [-0.25, -0.2) is 4.68 Å². The molecule has 2 amide bonds. The Morgan fingerprint density at radius 3 is 2.36 bits per heavy atom. The fraction of sp³-hybridized carbons (Fsp3) is 0.227. The third-order valence-electron chi connectivity index (χ3n) is 4.16. The van der Waals surface area contributed by atoms with Gasteiger partial charge in [0, 0.05) is 17.8 Å². The quantitative estimate of drug-likeness (QED) is 0.694. The lowest BCUT2D eigenvalue weighted by molar-refractivity contribution is -0.120. The molecule has 28 heavy (non-hydrogen) atoms. The first-order chi connectivity index (χ1) is 13.4. The number of aromatic nitrogens is 2. The fourth-order valence-electron chi connectivity index (χ4n) is 2.81. The molecule has 0 aliphatic carbocycles. The van der Waals surface area contributed by atoms with Crippen molar-refractivity contribution >= 4 is 11.8 Å². The van der Waals surface area contributed by atoms with E-state index < -0.39 is 0 Å². The maximum Gasteiger partial charge on any atom is 0.255 e. The van der Waals surface area contributed by atoms with Gasteiger partial charge in [0.15, 0.2) is 0 Å². The summed E-state index contributed by atoms with van der Waals surface area (Å²) in [6, 6.07) is 17.4. The Morgan fingerprint density at radius 1 is 1.04 bits per heavy atom. The number of rotatable bonds is 6. The number of carbonyl (C=O) groups is 2. The molecular formula is C22H24N4O2. The summed E-state index contributed by atoms with van der Waals surface area (Å²) in [5, 5.41) is 10.1. The van der Waals surface area contributed by atoms with E-state index in [9.17, 15) is 9.59 Å². The van der Waals surface area contributed by atoms with Crippen molar-refractivity contribution in [2.24, 2.45) is 0 Å². The summed E-state index contributed by atoms with van der Waals surface area (Å²) in [5.41, 5.74) is 3.84. The van der Waals surface area contributed by atoms with E-state index in [2.05, 4.69) is 15.7 Å². The van der Waals surface area contributed by atoms with Gasteiger partial charge in [-0.05, 0) is 32.9 Å². The van der Waals surface area contributed by atoms with E-state index in [4.69, 9.17) is 0 Å². The van der Waals surface area contributed by atoms with Gasteiger partial charge in [-0.2, -0.15) is 5.10 Å². The second kappa shape index (κ2) is 8.52. The first kappa shape index (κ1) is 19.4. The van der Waals surface area contributed by atoms with Gasteiger partial charge in [0.1, 0.15) is 5.69 Å². The van der Waals surface area contributed by atoms with Crippen molar-refractivity contribution in [3.63, 3.8) is 0 Å². The predicted octanol–water partition coefficient (Wildman–Crippen LogP) is 3.10. The standard InChI is InChI=1S/C22H24N4O2/c1-15(2)24-20(27)13-23-22(28)19-14-26(18-11-9-16(3)10-12-18)25-21(19)17-7-5-4-6-8-17/h4-12,14-15H,13H2,1-3H3,(H,23,28)(H,24,27). The summed E-state index contributed by atoms with van der Waals surface area (Å²) >= 11 is 0. The molecule has 0 spiro atoms. The number of amides is 2. The molecule has 3 rings (SSSR count). The molecule has 1 aromatic heterocycles. The zero-order chi connectivity index (χ0) is 20.1. The average Bonchev–Trinajstić information content (AvgIpc) is 3.12. The van der Waals surface area contributed by atoms with Crippen LogP contribution in [0.5, 0.6) is 0 Å². The van der Waals surface area contributed by atoms with Crippen LogP contribution in [-0.2, 0) is 4.79 Å². The molecule has 0 bridgehead atoms. The van der Waals surface area contributed by atoms with Crippen LogP contribution in [0.4, 0.5) is 0 Å². The van der Waals surface area contributed by atoms with Crippen LogP contribution in [-0.4, -0.2) is 34.2 Å². The Bertz CT molecular complexity index is 960. The van der Waals surface area contributed by atoms with Crippen molar-refractivity contribution < 1.29 is 9.59 Å². The van der Waals surface area contributed by atoms with Gasteiger partial charge in [-0.1, -0.05) is 48.0 Å². The number of nitrogens with one attached hydrogen (secondary N) is 2. The van der Waals surface area contributed by atoms with Gasteiger partial charge in [0.05, 0.1) is 17.8 Å². The predicted molar refractivity (Wildman–Crippen MR) is 109 cm³/mol. The van der Waals surface area contributed by atoms with E-state index in [0.29, 0.717) is 11.3 Å². The van der Waals surface area contributed by atoms with Crippen LogP contribution in [0.2, 0.25) is 0 Å². The Labute approximate surface area is 164 Å². The Hall–Kier alpha value is -3.41. The highest BCUT2D eigenvalue weighted by Gasteiger charge is 2.19. The smallest absolute Gasteiger partial charge is 0.255 e. The third kappa shape index (κ3) is 4.65. The zero-order valence-corrected chi connectivity index (χ0v) is 16.3. The van der Waals surface area contributed by atoms with Crippen LogP contribution in [0, 0.1) is 6.92 Å². The van der Waals surface area contributed by atoms with E-state index in [1.807, 2.05) is 75.4 Å². The van der Waals surface area contributed by atoms with Crippen molar-refractivity contribution in [1.82, 2.24) is 20.4 Å². The number of hydrogen-bond donors (Lipinski definition) is 2. The highest BCUT2D eigenvalue weighted by molar-refractivity contribution is 6.01. The van der Waals surface area contributed by atoms with Crippen LogP contribution in [0.1, 0.15) is 29.8 Å². The lowest BCUT2D eigenvalue weighted by Gasteiger charge is -2.09. The number of nitrogens with zero attached hydrogens (tertiary/aromatic N) is 2. The molecular weight excluding hydrogens is 352 g/mol. The molecule has 0 saturated heterocycles. The van der Waals surface area contributed by atoms with Crippen LogP contribution in [0.25, 0.3) is 16.9 Å². The van der Waals surface area contributed by atoms with Gasteiger partial charge in [-0.15, -0.1) is 0 Å². The van der Waals surface area contributed by atoms with Crippen molar-refractivity contribution in [3.05, 3.63) is 71.9 Å². The van der Waals surface area contributed by atoms with E-state index in [-0.39, 0.29) is 24.4 Å². The van der Waals surface area contributed by atoms with Crippen LogP contribution in [0.3, 0.4) is 0 Å². The van der Waals surface area contributed by atoms with Gasteiger partial charge < -0.3 is 10.6 Å². The highest BCUT2D eigenvalue weighted by Crippen LogP contribution is 2.23. The molecule has 0 saturated carbocycles. The molecule has 0 aliphatic rings. The summed E-state index contributed by atoms with van der Waals surface area (Å²) < 4.78 is 1.69. The summed E-state index contributed by atoms with van der Waals surface area (Å²) in [7, 11) is 0. The van der Waals surface area contributed by atoms with Gasteiger partial charge in [-0.3, -0.25) is 9.59 Å². The minimum absolute atomic E-state index is 0.0218. The topological polar surface area (TPSA) is 76.0 Å². The molecule has 6 nitrogen and oxygen atoms in total. The molecule has 0 fully saturated rings. The minimum atomic E-state index is -0.337. The van der Waals surface area contributed by atoms with Gasteiger partial charge in [0.25, 0.3) is 5.91 Å². The van der Waals surface area contributed by atoms with Crippen LogP contribution < -0.4 is 10.6 Å². The molecule has 0 atom stereocenters. The minimum Gasteiger partial charge on any atom is -0.352 e. The summed E-state index contributed by atoms with van der Waals surface area (Å²) in [6.07, 6.45) is 1.70. The van der Waals surface area contributed by atoms with Gasteiger partial charge >= 0.3 is 0 Å². The number of carbonyl (C=O) groups excluding carboxylic acids is 2. The first-order valence-corrected chi connectivity index (χ1v) is 9.23. The largest absolute Gasteiger partial charge is 0.352 e. The van der Waals surface area contributed by atoms with Crippen molar-refractivity contribution in [1.29, 1.82) is 0 Å². The van der Waals surface area contributed by atoms with E-state index in [1.54, 1.807) is 10.9 Å². The highest BCUT2D eigenvalue weighted by atomic mass is 16.2. The van der Waals surface area contributed by atoms with E-state index in [1.165, 1.54) is 0 Å². The van der Waals surface area contributed by atoms with E-state index in [0.717, 1.165) is 16.8 Å². The first-order valence-electron chi connectivity index (χ1n) is 9.23. The maximum absolute atomic E-state index is 12.8. The second-order valence-electron chi connectivity index (χ2n) is 6.94. The normalized spacial score (nSPS) is 10.7. The number of aryl methyl sites for hydroxylation is 1. The maximum atomic E-state index is 12.8. The van der Waals surface area contributed by atoms with E-state index >= 15 is 0 Å². The molecule has 0 radical (unpaired) electrons. The molecule has 3 aromatic rings. The monoisotopic (exact) mass is 376 g/mol. The Balaban J connectivity index is 1.91. The molecule has 1 heterocycles. The van der Waals surface area contributed by atoms with Crippen molar-refractivity contribution in [2.45, 2.75) is 26.8 Å². The Morgan fingerprint density at radius 2 is 1.71 bits per heavy atom. The summed E-state index contributed by atoms with van der Waals surface area (Å²) in [4.78, 5) is 24.6. The number of hydrogen-bond acceptors (Lipinski definition) is 3. The summed E-state index contributed by atoms with van der Waals surface area (Å²) in [6.45, 7) is 5.68. The lowest BCUT2D eigenvalue weighted by Crippen LogP contribution is -2.39. The Kier molecular flexibility index (Phi) is 5.89. The fourth-order valence-corrected chi connectivity index (χ4v) is 2.81. The lowest BCUT2D eigenvalue weighted by atomic mass is 10.1. The summed E-state index contributed by atoms with van der Waals surface area (Å²) in [5.74, 6) is -0.563. The SMILES string of the molecule is Cc1ccc(-n2cc(C(=O)NCC(=O)NC(C)C)c(-c3ccccc3)n2)cc1. The van der Waals surface area contributed by atoms with Gasteiger partial charge in [0.2, 0.25) is 5.91 Å². The second-order valence-corrected chi connectivity index (χ2v) is 6.94. The molecule has 144 valence electrons. The molecule has 2 aromatic carbocycles. The number of benzene rings is 2. The van der Waals surface area contributed by atoms with Crippen molar-refractivity contribution in [2.75, 3.05) is 6.54 Å². The van der Waals surface area contributed by atoms with Crippen LogP contribution >= 0.6 is 0 Å². The van der Waals surface area contributed by atoms with Crippen LogP contribution in [0.15, 0.2) is 60.8 Å². The third-order valence-corrected chi connectivity index (χ3v) is 4.16. The van der Waals surface area contributed by atoms with Crippen molar-refractivity contribution in [3.8, 4) is 16.9 Å². The zero-order valence-electron chi connectivity index (χ0n) is 16.3. The molecule has 2 N–H and O–H groups in total. The average molecular weight is 376 g/mol. The molecule has 0 aliphatic heterocycles.